The molecule has 1 nitrogen and oxygen atoms in total. The lowest BCUT2D eigenvalue weighted by Gasteiger charge is -2.45. The van der Waals surface area contributed by atoms with Gasteiger partial charge in [-0.2, -0.15) is 61.5 Å². The van der Waals surface area contributed by atoms with Crippen molar-refractivity contribution in [2.45, 2.75) is 54.2 Å². The molecule has 0 heterocycles. The molecule has 26 heavy (non-hydrogen) atoms. The Hall–Kier alpha value is -1.09. The zero-order valence-corrected chi connectivity index (χ0v) is 11.8. The van der Waals surface area contributed by atoms with E-state index in [1.165, 1.54) is 0 Å². The Morgan fingerprint density at radius 1 is 0.500 bits per heavy atom. The third-order valence-corrected chi connectivity index (χ3v) is 3.07. The molecule has 0 aliphatic heterocycles. The van der Waals surface area contributed by atoms with Crippen LogP contribution in [0.25, 0.3) is 0 Å². The summed E-state index contributed by atoms with van der Waals surface area (Å²) in [4.78, 5) is 0. The van der Waals surface area contributed by atoms with E-state index in [1.54, 1.807) is 6.92 Å². The van der Waals surface area contributed by atoms with Crippen LogP contribution in [0.3, 0.4) is 0 Å². The predicted molar refractivity (Wildman–Crippen MR) is 51.7 cm³/mol. The van der Waals surface area contributed by atoms with E-state index in [2.05, 4.69) is 0 Å². The molecule has 0 bridgehead atoms. The summed E-state index contributed by atoms with van der Waals surface area (Å²) in [5.74, 6) is -31.4. The van der Waals surface area contributed by atoms with Gasteiger partial charge in [0.25, 0.3) is 0 Å². The normalized spacial score (nSPS) is 16.8. The third-order valence-electron chi connectivity index (χ3n) is 3.07. The van der Waals surface area contributed by atoms with Gasteiger partial charge in [-0.1, -0.05) is 0 Å². The first-order chi connectivity index (χ1) is 10.8. The first kappa shape index (κ1) is 24.9. The topological polar surface area (TPSA) is 20.2 Å². The first-order valence-electron chi connectivity index (χ1n) is 5.66. The third kappa shape index (κ3) is 2.87. The van der Waals surface area contributed by atoms with Crippen LogP contribution in [0.5, 0.6) is 0 Å². The molecule has 1 radical (unpaired) electrons. The van der Waals surface area contributed by atoms with E-state index in [1.807, 2.05) is 0 Å². The van der Waals surface area contributed by atoms with E-state index in [4.69, 9.17) is 5.11 Å². The fourth-order valence-corrected chi connectivity index (χ4v) is 1.47. The van der Waals surface area contributed by atoms with Crippen LogP contribution in [0.4, 0.5) is 65.9 Å². The predicted octanol–water partition coefficient (Wildman–Crippen LogP) is 4.95. The van der Waals surface area contributed by atoms with Crippen molar-refractivity contribution in [2.24, 2.45) is 0 Å². The molecular formula is C10H6F15O. The highest BCUT2D eigenvalue weighted by Crippen LogP contribution is 2.64. The zero-order chi connectivity index (χ0) is 22.0. The minimum atomic E-state index is -8.49. The second-order valence-corrected chi connectivity index (χ2v) is 5.23. The largest absolute Gasteiger partial charge is 0.438 e. The molecule has 0 rings (SSSR count). The fourth-order valence-electron chi connectivity index (χ4n) is 1.47. The van der Waals surface area contributed by atoms with Crippen LogP contribution in [0.15, 0.2) is 0 Å². The molecule has 0 aliphatic rings. The van der Waals surface area contributed by atoms with Crippen LogP contribution in [0, 0.1) is 6.92 Å². The van der Waals surface area contributed by atoms with Crippen LogP contribution in [0.1, 0.15) is 6.92 Å². The molecule has 157 valence electrons. The van der Waals surface area contributed by atoms with E-state index in [0.29, 0.717) is 0 Å². The second kappa shape index (κ2) is 5.70. The number of rotatable bonds is 5. The van der Waals surface area contributed by atoms with Crippen LogP contribution in [-0.2, 0) is 0 Å². The molecule has 0 aromatic heterocycles. The van der Waals surface area contributed by atoms with E-state index in [9.17, 15) is 65.9 Å². The van der Waals surface area contributed by atoms with Crippen molar-refractivity contribution in [3.8, 4) is 0 Å². The van der Waals surface area contributed by atoms with Gasteiger partial charge in [0, 0.05) is 0 Å². The molecule has 0 saturated heterocycles. The van der Waals surface area contributed by atoms with Crippen LogP contribution in [0.2, 0.25) is 0 Å². The number of aliphatic hydroxyl groups is 1. The Bertz CT molecular complexity index is 506. The van der Waals surface area contributed by atoms with Crippen LogP contribution < -0.4 is 0 Å². The molecule has 0 aromatic rings. The van der Waals surface area contributed by atoms with Crippen LogP contribution in [-0.4, -0.2) is 52.4 Å². The maximum absolute atomic E-state index is 13.2. The van der Waals surface area contributed by atoms with Crippen molar-refractivity contribution in [1.82, 2.24) is 0 Å². The van der Waals surface area contributed by atoms with Gasteiger partial charge >= 0.3 is 41.7 Å². The highest BCUT2D eigenvalue weighted by molar-refractivity contribution is 5.18. The summed E-state index contributed by atoms with van der Waals surface area (Å²) in [7, 11) is 0. The Labute approximate surface area is 133 Å². The number of halogens is 15. The summed E-state index contributed by atoms with van der Waals surface area (Å²) in [5, 5.41) is 8.58. The van der Waals surface area contributed by atoms with Gasteiger partial charge in [0.05, 0.1) is 0 Å². The molecule has 0 saturated carbocycles. The quantitative estimate of drug-likeness (QED) is 0.617. The van der Waals surface area contributed by atoms with Gasteiger partial charge in [-0.25, -0.2) is 4.39 Å². The Morgan fingerprint density at radius 2 is 0.731 bits per heavy atom. The monoisotopic (exact) mass is 427 g/mol. The lowest BCUT2D eigenvalue weighted by Crippen LogP contribution is -2.77. The van der Waals surface area contributed by atoms with Crippen LogP contribution >= 0.6 is 0 Å². The Balaban J connectivity index is 6.86. The molecule has 16 heteroatoms. The van der Waals surface area contributed by atoms with E-state index in [-0.39, 0.29) is 0 Å². The molecule has 1 unspecified atom stereocenters. The average molecular weight is 427 g/mol. The second-order valence-electron chi connectivity index (χ2n) is 5.23. The van der Waals surface area contributed by atoms with Gasteiger partial charge < -0.3 is 5.11 Å². The Morgan fingerprint density at radius 3 is 0.923 bits per heavy atom. The van der Waals surface area contributed by atoms with Gasteiger partial charge in [0.2, 0.25) is 0 Å². The van der Waals surface area contributed by atoms with Crippen molar-refractivity contribution >= 4 is 0 Å². The lowest BCUT2D eigenvalue weighted by atomic mass is 9.82. The molecule has 0 fully saturated rings. The maximum Gasteiger partial charge on any atom is 0.438 e. The molecule has 1 atom stereocenters. The minimum absolute atomic E-state index is 0.495. The first-order valence-corrected chi connectivity index (χ1v) is 5.66. The maximum atomic E-state index is 13.2. The van der Waals surface area contributed by atoms with Gasteiger partial charge in [0.1, 0.15) is 5.60 Å². The SMILES string of the molecule is [CH2]C(C)(O)C(F)(F)C(F)(F)C(F)(F)C(F)(F)C(F)(C(F)(F)F)C(F)(F)F. The van der Waals surface area contributed by atoms with E-state index < -0.39 is 54.2 Å². The van der Waals surface area contributed by atoms with E-state index >= 15 is 0 Å². The lowest BCUT2D eigenvalue weighted by molar-refractivity contribution is -0.462. The summed E-state index contributed by atoms with van der Waals surface area (Å²) in [6.45, 7) is 1.28. The standard InChI is InChI=1S/C10H6F15O/c1-3(2,26)5(12,13)7(16,17)8(18,19)6(14,15)4(11,9(20,21)22)10(23,24)25/h26H,1H2,2H3. The van der Waals surface area contributed by atoms with Crippen molar-refractivity contribution < 1.29 is 71.0 Å². The average Bonchev–Trinajstić information content (AvgIpc) is 2.32. The molecule has 0 amide bonds. The van der Waals surface area contributed by atoms with Crippen molar-refractivity contribution in [1.29, 1.82) is 0 Å². The summed E-state index contributed by atoms with van der Waals surface area (Å²) in [6.07, 6.45) is -16.0. The molecule has 0 aromatic carbocycles. The summed E-state index contributed by atoms with van der Waals surface area (Å²) >= 11 is 0. The molecule has 0 spiro atoms. The fraction of sp³-hybridized carbons (Fsp3) is 0.900. The van der Waals surface area contributed by atoms with Crippen molar-refractivity contribution in [2.75, 3.05) is 0 Å². The summed E-state index contributed by atoms with van der Waals surface area (Å²) in [5.41, 5.74) is -12.9. The molecular weight excluding hydrogens is 421 g/mol. The van der Waals surface area contributed by atoms with Gasteiger partial charge in [-0.15, -0.1) is 0 Å². The number of alkyl halides is 15. The highest BCUT2D eigenvalue weighted by atomic mass is 19.4. The number of hydrogen-bond donors (Lipinski definition) is 1. The number of hydrogen-bond acceptors (Lipinski definition) is 1. The summed E-state index contributed by atoms with van der Waals surface area (Å²) in [6, 6.07) is 0. The highest BCUT2D eigenvalue weighted by Gasteiger charge is 2.96. The van der Waals surface area contributed by atoms with E-state index in [0.717, 1.165) is 0 Å². The smallest absolute Gasteiger partial charge is 0.384 e. The molecule has 0 aliphatic carbocycles. The summed E-state index contributed by atoms with van der Waals surface area (Å²) < 4.78 is 191. The van der Waals surface area contributed by atoms with Gasteiger partial charge in [-0.3, -0.25) is 0 Å². The van der Waals surface area contributed by atoms with Gasteiger partial charge in [0.15, 0.2) is 0 Å². The van der Waals surface area contributed by atoms with Crippen molar-refractivity contribution in [3.63, 3.8) is 0 Å². The Kier molecular flexibility index (Phi) is 5.46. The van der Waals surface area contributed by atoms with Crippen molar-refractivity contribution in [3.05, 3.63) is 6.92 Å². The molecule has 1 N–H and O–H groups in total. The minimum Gasteiger partial charge on any atom is -0.384 e. The van der Waals surface area contributed by atoms with Gasteiger partial charge in [-0.05, 0) is 13.8 Å². The zero-order valence-electron chi connectivity index (χ0n) is 11.8.